The minimum Gasteiger partial charge on any atom is -0.420 e. The van der Waals surface area contributed by atoms with E-state index in [1.807, 2.05) is 6.92 Å². The molecule has 18 heavy (non-hydrogen) atoms. The Balaban J connectivity index is 4.22. The molecule has 0 amide bonds. The summed E-state index contributed by atoms with van der Waals surface area (Å²) in [6, 6.07) is 0. The summed E-state index contributed by atoms with van der Waals surface area (Å²) in [5, 5.41) is 0. The molecule has 0 radical (unpaired) electrons. The lowest BCUT2D eigenvalue weighted by Crippen LogP contribution is -2.16. The van der Waals surface area contributed by atoms with Crippen molar-refractivity contribution in [3.63, 3.8) is 0 Å². The molecule has 0 aromatic rings. The predicted molar refractivity (Wildman–Crippen MR) is 84.2 cm³/mol. The summed E-state index contributed by atoms with van der Waals surface area (Å²) in [5.41, 5.74) is 0.968. The van der Waals surface area contributed by atoms with E-state index >= 15 is 0 Å². The average molecular weight is 267 g/mol. The zero-order valence-electron chi connectivity index (χ0n) is 12.9. The Kier molecular flexibility index (Phi) is 10.1. The Morgan fingerprint density at radius 3 is 2.56 bits per heavy atom. The highest BCUT2D eigenvalue weighted by Crippen LogP contribution is 2.18. The minimum atomic E-state index is -0.877. The van der Waals surface area contributed by atoms with Crippen LogP contribution in [-0.4, -0.2) is 15.6 Å². The molecule has 0 saturated carbocycles. The monoisotopic (exact) mass is 266 g/mol. The fraction of sp³-hybridized carbons (Fsp3) is 0.750. The van der Waals surface area contributed by atoms with E-state index in [0.717, 1.165) is 18.6 Å². The van der Waals surface area contributed by atoms with Gasteiger partial charge < -0.3 is 4.43 Å². The van der Waals surface area contributed by atoms with E-state index < -0.39 is 9.04 Å². The summed E-state index contributed by atoms with van der Waals surface area (Å²) in [5.74, 6) is 7.65. The van der Waals surface area contributed by atoms with Gasteiger partial charge in [-0.2, -0.15) is 0 Å². The van der Waals surface area contributed by atoms with E-state index in [4.69, 9.17) is 4.43 Å². The van der Waals surface area contributed by atoms with Crippen LogP contribution in [0.3, 0.4) is 0 Å². The van der Waals surface area contributed by atoms with Crippen molar-refractivity contribution in [3.05, 3.63) is 12.2 Å². The first-order chi connectivity index (χ1) is 8.45. The quantitative estimate of drug-likeness (QED) is 0.467. The topological polar surface area (TPSA) is 9.23 Å². The van der Waals surface area contributed by atoms with Crippen molar-refractivity contribution in [2.75, 3.05) is 6.61 Å². The van der Waals surface area contributed by atoms with E-state index in [-0.39, 0.29) is 0 Å². The largest absolute Gasteiger partial charge is 0.420 e. The lowest BCUT2D eigenvalue weighted by molar-refractivity contribution is 0.243. The molecule has 0 aliphatic rings. The predicted octanol–water partition coefficient (Wildman–Crippen LogP) is 4.40. The van der Waals surface area contributed by atoms with Gasteiger partial charge in [0.25, 0.3) is 0 Å². The first-order valence-corrected chi connectivity index (χ1v) is 10.0. The van der Waals surface area contributed by atoms with Gasteiger partial charge in [-0.15, -0.1) is 0 Å². The van der Waals surface area contributed by atoms with Gasteiger partial charge in [-0.1, -0.05) is 45.1 Å². The van der Waals surface area contributed by atoms with Gasteiger partial charge in [0.15, 0.2) is 9.04 Å². The van der Waals surface area contributed by atoms with Crippen LogP contribution in [0.1, 0.15) is 46.5 Å². The molecule has 2 unspecified atom stereocenters. The highest BCUT2D eigenvalue weighted by atomic mass is 28.3. The Bertz CT molecular complexity index is 285. The molecule has 0 fully saturated rings. The van der Waals surface area contributed by atoms with Gasteiger partial charge in [0.2, 0.25) is 0 Å². The number of hydrogen-bond acceptors (Lipinski definition) is 1. The molecule has 0 saturated heterocycles. The third-order valence-electron chi connectivity index (χ3n) is 2.80. The Hall–Kier alpha value is -0.523. The van der Waals surface area contributed by atoms with Gasteiger partial charge in [-0.3, -0.25) is 0 Å². The Labute approximate surface area is 116 Å². The smallest absolute Gasteiger partial charge is 0.170 e. The van der Waals surface area contributed by atoms with E-state index in [9.17, 15) is 0 Å². The average Bonchev–Trinajstić information content (AvgIpc) is 2.29. The zero-order chi connectivity index (χ0) is 14.0. The maximum absolute atomic E-state index is 5.81. The summed E-state index contributed by atoms with van der Waals surface area (Å²) < 4.78 is 5.81. The van der Waals surface area contributed by atoms with E-state index in [1.165, 1.54) is 19.3 Å². The SMILES string of the molecule is C=C(C)C#CC(CCCC)CC(C)CO[SiH](C)C. The molecule has 0 N–H and O–H groups in total. The molecule has 0 aromatic heterocycles. The third-order valence-corrected chi connectivity index (χ3v) is 3.66. The van der Waals surface area contributed by atoms with Crippen molar-refractivity contribution in [1.29, 1.82) is 0 Å². The van der Waals surface area contributed by atoms with Gasteiger partial charge in [0.05, 0.1) is 0 Å². The fourth-order valence-corrected chi connectivity index (χ4v) is 2.55. The van der Waals surface area contributed by atoms with E-state index in [2.05, 4.69) is 45.4 Å². The Morgan fingerprint density at radius 2 is 2.06 bits per heavy atom. The molecule has 0 aromatic carbocycles. The van der Waals surface area contributed by atoms with Crippen LogP contribution in [0.25, 0.3) is 0 Å². The lowest BCUT2D eigenvalue weighted by Gasteiger charge is -2.18. The number of rotatable bonds is 8. The van der Waals surface area contributed by atoms with E-state index in [1.54, 1.807) is 0 Å². The van der Waals surface area contributed by atoms with Crippen LogP contribution in [0.15, 0.2) is 12.2 Å². The van der Waals surface area contributed by atoms with Crippen molar-refractivity contribution in [3.8, 4) is 11.8 Å². The highest BCUT2D eigenvalue weighted by Gasteiger charge is 2.11. The second kappa shape index (κ2) is 10.4. The summed E-state index contributed by atoms with van der Waals surface area (Å²) in [6.45, 7) is 15.7. The van der Waals surface area contributed by atoms with Crippen LogP contribution in [0.2, 0.25) is 13.1 Å². The zero-order valence-corrected chi connectivity index (χ0v) is 14.0. The third kappa shape index (κ3) is 10.6. The molecule has 0 heterocycles. The molecule has 104 valence electrons. The molecule has 0 aliphatic carbocycles. The van der Waals surface area contributed by atoms with Crippen LogP contribution in [0, 0.1) is 23.7 Å². The second-order valence-corrected chi connectivity index (χ2v) is 8.04. The van der Waals surface area contributed by atoms with Gasteiger partial charge in [0.1, 0.15) is 0 Å². The number of hydrogen-bond donors (Lipinski definition) is 0. The minimum absolute atomic E-state index is 0.508. The van der Waals surface area contributed by atoms with E-state index in [0.29, 0.717) is 11.8 Å². The maximum Gasteiger partial charge on any atom is 0.170 e. The van der Waals surface area contributed by atoms with Crippen LogP contribution in [0.4, 0.5) is 0 Å². The van der Waals surface area contributed by atoms with Gasteiger partial charge in [0, 0.05) is 12.5 Å². The second-order valence-electron chi connectivity index (χ2n) is 5.61. The van der Waals surface area contributed by atoms with Crippen molar-refractivity contribution in [2.24, 2.45) is 11.8 Å². The van der Waals surface area contributed by atoms with Crippen LogP contribution in [0.5, 0.6) is 0 Å². The lowest BCUT2D eigenvalue weighted by atomic mass is 9.92. The maximum atomic E-state index is 5.81. The van der Waals surface area contributed by atoms with Crippen molar-refractivity contribution >= 4 is 9.04 Å². The molecule has 0 aliphatic heterocycles. The van der Waals surface area contributed by atoms with Gasteiger partial charge >= 0.3 is 0 Å². The normalized spacial score (nSPS) is 13.9. The fourth-order valence-electron chi connectivity index (χ4n) is 1.84. The summed E-state index contributed by atoms with van der Waals surface area (Å²) in [6.07, 6.45) is 4.87. The van der Waals surface area contributed by atoms with Crippen molar-refractivity contribution in [1.82, 2.24) is 0 Å². The molecule has 2 heteroatoms. The number of allylic oxidation sites excluding steroid dienone is 1. The van der Waals surface area contributed by atoms with Crippen molar-refractivity contribution < 1.29 is 4.43 Å². The van der Waals surface area contributed by atoms with Crippen LogP contribution < -0.4 is 0 Å². The van der Waals surface area contributed by atoms with Gasteiger partial charge in [-0.05, 0) is 44.4 Å². The molecule has 1 nitrogen and oxygen atoms in total. The molecule has 0 rings (SSSR count). The molecular formula is C16H30OSi. The molecule has 2 atom stereocenters. The van der Waals surface area contributed by atoms with Crippen LogP contribution in [-0.2, 0) is 4.43 Å². The molecule has 0 spiro atoms. The molecule has 0 bridgehead atoms. The highest BCUT2D eigenvalue weighted by molar-refractivity contribution is 6.48. The first kappa shape index (κ1) is 17.5. The van der Waals surface area contributed by atoms with Crippen molar-refractivity contribution in [2.45, 2.75) is 59.5 Å². The summed E-state index contributed by atoms with van der Waals surface area (Å²) in [4.78, 5) is 0. The Morgan fingerprint density at radius 1 is 1.39 bits per heavy atom. The molecular weight excluding hydrogens is 236 g/mol. The van der Waals surface area contributed by atoms with Gasteiger partial charge in [-0.25, -0.2) is 0 Å². The summed E-state index contributed by atoms with van der Waals surface area (Å²) >= 11 is 0. The standard InChI is InChI=1S/C16H30OSi/c1-7-8-9-16(11-10-14(2)3)12-15(4)13-17-18(5)6/h15-16,18H,2,7-9,12-13H2,1,3-6H3. The summed E-state index contributed by atoms with van der Waals surface area (Å²) in [7, 11) is -0.877. The van der Waals surface area contributed by atoms with Crippen LogP contribution >= 0.6 is 0 Å². The first-order valence-electron chi connectivity index (χ1n) is 7.24. The number of unbranched alkanes of at least 4 members (excludes halogenated alkanes) is 1.